The second-order valence-electron chi connectivity index (χ2n) is 1.87. The highest BCUT2D eigenvalue weighted by molar-refractivity contribution is 7.81. The summed E-state index contributed by atoms with van der Waals surface area (Å²) in [6.07, 6.45) is -2.57. The van der Waals surface area contributed by atoms with Crippen molar-refractivity contribution < 1.29 is 20.1 Å². The maximum atomic E-state index is 9.84. The van der Waals surface area contributed by atoms with Crippen LogP contribution >= 0.6 is 12.6 Å². The van der Waals surface area contributed by atoms with Crippen LogP contribution in [0.1, 0.15) is 0 Å². The second kappa shape index (κ2) is 4.68. The first-order chi connectivity index (χ1) is 4.63. The monoisotopic (exact) mass is 166 g/mol. The Bertz CT molecular complexity index is 108. The smallest absolute Gasteiger partial charge is 0.151 e. The summed E-state index contributed by atoms with van der Waals surface area (Å²) in [4.78, 5) is 9.84. The van der Waals surface area contributed by atoms with E-state index in [1.54, 1.807) is 0 Å². The van der Waals surface area contributed by atoms with Gasteiger partial charge in [0, 0.05) is 0 Å². The fraction of sp³-hybridized carbons (Fsp3) is 0.800. The van der Waals surface area contributed by atoms with Crippen LogP contribution in [0.25, 0.3) is 0 Å². The molecule has 0 saturated heterocycles. The number of thiol groups is 1. The standard InChI is InChI=1S/C5H10O4S/c6-1-3(8)5(9)4(10)2-7/h1,3-5,7-10H,2H2/t3-,4+,5+/m0/s1. The van der Waals surface area contributed by atoms with Gasteiger partial charge < -0.3 is 20.1 Å². The van der Waals surface area contributed by atoms with Crippen molar-refractivity contribution in [2.45, 2.75) is 17.5 Å². The quantitative estimate of drug-likeness (QED) is 0.293. The Labute approximate surface area is 63.9 Å². The largest absolute Gasteiger partial charge is 0.395 e. The number of carbonyl (C=O) groups is 1. The average molecular weight is 166 g/mol. The van der Waals surface area contributed by atoms with Gasteiger partial charge in [-0.3, -0.25) is 0 Å². The average Bonchev–Trinajstić information content (AvgIpc) is 2.00. The highest BCUT2D eigenvalue weighted by atomic mass is 32.1. The topological polar surface area (TPSA) is 77.8 Å². The summed E-state index contributed by atoms with van der Waals surface area (Å²) in [5.74, 6) is 0. The summed E-state index contributed by atoms with van der Waals surface area (Å²) < 4.78 is 0. The summed E-state index contributed by atoms with van der Waals surface area (Å²) in [6, 6.07) is 0. The fourth-order valence-corrected chi connectivity index (χ4v) is 0.592. The van der Waals surface area contributed by atoms with Gasteiger partial charge in [-0.05, 0) is 0 Å². The molecule has 0 unspecified atom stereocenters. The Morgan fingerprint density at radius 3 is 2.30 bits per heavy atom. The number of carbonyl (C=O) groups excluding carboxylic acids is 1. The second-order valence-corrected chi connectivity index (χ2v) is 2.53. The summed E-state index contributed by atoms with van der Waals surface area (Å²) in [5.41, 5.74) is 0. The van der Waals surface area contributed by atoms with Crippen molar-refractivity contribution >= 4 is 18.9 Å². The van der Waals surface area contributed by atoms with Crippen LogP contribution < -0.4 is 0 Å². The van der Waals surface area contributed by atoms with Crippen molar-refractivity contribution in [1.29, 1.82) is 0 Å². The summed E-state index contributed by atoms with van der Waals surface area (Å²) >= 11 is 3.70. The van der Waals surface area contributed by atoms with Crippen LogP contribution in [0.2, 0.25) is 0 Å². The molecule has 0 aromatic rings. The van der Waals surface area contributed by atoms with Gasteiger partial charge in [-0.25, -0.2) is 0 Å². The van der Waals surface area contributed by atoms with Crippen molar-refractivity contribution in [3.05, 3.63) is 0 Å². The molecule has 0 fully saturated rings. The minimum Gasteiger partial charge on any atom is -0.395 e. The molecule has 0 spiro atoms. The molecule has 0 heterocycles. The predicted octanol–water partition coefficient (Wildman–Crippen LogP) is -1.80. The molecular formula is C5H10O4S. The summed E-state index contributed by atoms with van der Waals surface area (Å²) in [7, 11) is 0. The van der Waals surface area contributed by atoms with Crippen LogP contribution in [0.5, 0.6) is 0 Å². The molecule has 60 valence electrons. The highest BCUT2D eigenvalue weighted by Crippen LogP contribution is 2.03. The van der Waals surface area contributed by atoms with Crippen LogP contribution in [0.3, 0.4) is 0 Å². The van der Waals surface area contributed by atoms with Crippen LogP contribution in [-0.4, -0.2) is 45.7 Å². The third-order valence-electron chi connectivity index (χ3n) is 1.07. The van der Waals surface area contributed by atoms with E-state index in [1.165, 1.54) is 0 Å². The number of hydrogen-bond acceptors (Lipinski definition) is 5. The molecule has 0 rings (SSSR count). The maximum Gasteiger partial charge on any atom is 0.151 e. The number of rotatable bonds is 4. The molecule has 0 saturated carbocycles. The normalized spacial score (nSPS) is 19.6. The van der Waals surface area contributed by atoms with Crippen molar-refractivity contribution in [3.63, 3.8) is 0 Å². The van der Waals surface area contributed by atoms with Gasteiger partial charge in [0.2, 0.25) is 0 Å². The lowest BCUT2D eigenvalue weighted by atomic mass is 10.1. The van der Waals surface area contributed by atoms with E-state index in [4.69, 9.17) is 15.3 Å². The fourth-order valence-electron chi connectivity index (χ4n) is 0.416. The first-order valence-electron chi connectivity index (χ1n) is 2.73. The molecule has 0 aliphatic rings. The molecule has 0 aliphatic heterocycles. The molecule has 5 heteroatoms. The van der Waals surface area contributed by atoms with E-state index in [0.29, 0.717) is 0 Å². The van der Waals surface area contributed by atoms with Gasteiger partial charge in [-0.15, -0.1) is 0 Å². The van der Waals surface area contributed by atoms with E-state index in [0.717, 1.165) is 0 Å². The summed E-state index contributed by atoms with van der Waals surface area (Å²) in [5, 5.41) is 25.1. The molecule has 0 aromatic carbocycles. The van der Waals surface area contributed by atoms with E-state index in [9.17, 15) is 4.79 Å². The zero-order valence-corrected chi connectivity index (χ0v) is 6.11. The van der Waals surface area contributed by atoms with Gasteiger partial charge in [0.05, 0.1) is 11.9 Å². The number of aliphatic hydroxyl groups is 3. The van der Waals surface area contributed by atoms with Gasteiger partial charge in [-0.1, -0.05) is 0 Å². The van der Waals surface area contributed by atoms with Gasteiger partial charge in [0.1, 0.15) is 12.2 Å². The molecule has 0 aromatic heterocycles. The van der Waals surface area contributed by atoms with Crippen LogP contribution in [0, 0.1) is 0 Å². The van der Waals surface area contributed by atoms with Crippen molar-refractivity contribution in [3.8, 4) is 0 Å². The Hall–Kier alpha value is -0.100. The Kier molecular flexibility index (Phi) is 4.63. The van der Waals surface area contributed by atoms with Crippen molar-refractivity contribution in [2.24, 2.45) is 0 Å². The zero-order valence-electron chi connectivity index (χ0n) is 5.21. The first-order valence-corrected chi connectivity index (χ1v) is 3.25. The van der Waals surface area contributed by atoms with E-state index in [2.05, 4.69) is 12.6 Å². The molecule has 10 heavy (non-hydrogen) atoms. The Balaban J connectivity index is 3.80. The first kappa shape index (κ1) is 9.90. The van der Waals surface area contributed by atoms with Gasteiger partial charge in [0.15, 0.2) is 6.29 Å². The molecule has 3 atom stereocenters. The minimum absolute atomic E-state index is 0.198. The molecule has 3 N–H and O–H groups in total. The molecule has 4 nitrogen and oxygen atoms in total. The SMILES string of the molecule is O=C[C@H](O)[C@@H](O)[C@H](S)CO. The van der Waals surface area contributed by atoms with Crippen molar-refractivity contribution in [1.82, 2.24) is 0 Å². The number of aldehydes is 1. The van der Waals surface area contributed by atoms with Crippen LogP contribution in [0.4, 0.5) is 0 Å². The molecular weight excluding hydrogens is 156 g/mol. The number of hydrogen-bond donors (Lipinski definition) is 4. The molecule has 0 bridgehead atoms. The third kappa shape index (κ3) is 2.66. The van der Waals surface area contributed by atoms with Gasteiger partial charge in [0.25, 0.3) is 0 Å². The Morgan fingerprint density at radius 1 is 1.50 bits per heavy atom. The van der Waals surface area contributed by atoms with Crippen LogP contribution in [0.15, 0.2) is 0 Å². The zero-order chi connectivity index (χ0) is 8.15. The third-order valence-corrected chi connectivity index (χ3v) is 1.54. The van der Waals surface area contributed by atoms with Crippen molar-refractivity contribution in [2.75, 3.05) is 6.61 Å². The lowest BCUT2D eigenvalue weighted by Crippen LogP contribution is -2.37. The molecule has 0 radical (unpaired) electrons. The summed E-state index contributed by atoms with van der Waals surface area (Å²) in [6.45, 7) is -0.380. The highest BCUT2D eigenvalue weighted by Gasteiger charge is 2.21. The van der Waals surface area contributed by atoms with E-state index >= 15 is 0 Å². The molecule has 0 aliphatic carbocycles. The minimum atomic E-state index is -1.46. The Morgan fingerprint density at radius 2 is 2.00 bits per heavy atom. The van der Waals surface area contributed by atoms with E-state index < -0.39 is 17.5 Å². The molecule has 0 amide bonds. The van der Waals surface area contributed by atoms with E-state index in [-0.39, 0.29) is 12.9 Å². The lowest BCUT2D eigenvalue weighted by Gasteiger charge is -2.16. The van der Waals surface area contributed by atoms with Gasteiger partial charge >= 0.3 is 0 Å². The van der Waals surface area contributed by atoms with Gasteiger partial charge in [-0.2, -0.15) is 12.6 Å². The van der Waals surface area contributed by atoms with E-state index in [1.807, 2.05) is 0 Å². The number of aliphatic hydroxyl groups excluding tert-OH is 3. The maximum absolute atomic E-state index is 9.84. The van der Waals surface area contributed by atoms with Crippen LogP contribution in [-0.2, 0) is 4.79 Å². The predicted molar refractivity (Wildman–Crippen MR) is 37.9 cm³/mol. The lowest BCUT2D eigenvalue weighted by molar-refractivity contribution is -0.120.